The van der Waals surface area contributed by atoms with E-state index in [2.05, 4.69) is 29.3 Å². The molecule has 166 valence electrons. The minimum atomic E-state index is -0.175. The van der Waals surface area contributed by atoms with Gasteiger partial charge in [0.25, 0.3) is 0 Å². The SMILES string of the molecule is Cc1ccc(C(=O)CCC(=O)CCC(=O)Nc2ccc(CN3CCC(C)CC3)cc2)s1. The van der Waals surface area contributed by atoms with Gasteiger partial charge in [0.15, 0.2) is 5.78 Å². The Morgan fingerprint density at radius 2 is 1.65 bits per heavy atom. The quantitative estimate of drug-likeness (QED) is 0.513. The smallest absolute Gasteiger partial charge is 0.224 e. The summed E-state index contributed by atoms with van der Waals surface area (Å²) in [5.74, 6) is 0.593. The number of benzene rings is 1. The number of hydrogen-bond acceptors (Lipinski definition) is 5. The van der Waals surface area contributed by atoms with Crippen molar-refractivity contribution in [2.24, 2.45) is 5.92 Å². The molecule has 0 spiro atoms. The third-order valence-corrected chi connectivity index (χ3v) is 6.84. The van der Waals surface area contributed by atoms with E-state index in [-0.39, 0.29) is 43.2 Å². The summed E-state index contributed by atoms with van der Waals surface area (Å²) < 4.78 is 0. The third kappa shape index (κ3) is 7.71. The monoisotopic (exact) mass is 440 g/mol. The highest BCUT2D eigenvalue weighted by Crippen LogP contribution is 2.20. The molecule has 2 heterocycles. The van der Waals surface area contributed by atoms with Crippen LogP contribution in [0.15, 0.2) is 36.4 Å². The van der Waals surface area contributed by atoms with E-state index in [9.17, 15) is 14.4 Å². The van der Waals surface area contributed by atoms with Crippen LogP contribution in [0, 0.1) is 12.8 Å². The van der Waals surface area contributed by atoms with Gasteiger partial charge in [-0.25, -0.2) is 0 Å². The molecule has 0 radical (unpaired) electrons. The van der Waals surface area contributed by atoms with Crippen LogP contribution >= 0.6 is 11.3 Å². The fourth-order valence-electron chi connectivity index (χ4n) is 3.73. The standard InChI is InChI=1S/C25H32N2O3S/c1-18-13-15-27(16-14-18)17-20-4-6-21(7-5-20)26-25(30)12-9-22(28)8-10-23(29)24-11-3-19(2)31-24/h3-7,11,18H,8-10,12-17H2,1-2H3,(H,26,30). The summed E-state index contributed by atoms with van der Waals surface area (Å²) in [6.45, 7) is 7.50. The lowest BCUT2D eigenvalue weighted by Crippen LogP contribution is -2.32. The number of likely N-dealkylation sites (tertiary alicyclic amines) is 1. The Labute approximate surface area is 188 Å². The number of piperidine rings is 1. The van der Waals surface area contributed by atoms with Gasteiger partial charge in [-0.1, -0.05) is 19.1 Å². The maximum Gasteiger partial charge on any atom is 0.224 e. The lowest BCUT2D eigenvalue weighted by molar-refractivity contribution is -0.122. The molecule has 1 aliphatic heterocycles. The van der Waals surface area contributed by atoms with E-state index in [4.69, 9.17) is 0 Å². The molecule has 6 heteroatoms. The van der Waals surface area contributed by atoms with Crippen molar-refractivity contribution in [1.82, 2.24) is 4.90 Å². The van der Waals surface area contributed by atoms with Gasteiger partial charge in [-0.2, -0.15) is 0 Å². The average Bonchev–Trinajstić information content (AvgIpc) is 3.20. The van der Waals surface area contributed by atoms with Gasteiger partial charge in [-0.05, 0) is 68.6 Å². The first-order chi connectivity index (χ1) is 14.9. The average molecular weight is 441 g/mol. The molecule has 0 saturated carbocycles. The number of aryl methyl sites for hydroxylation is 1. The van der Waals surface area contributed by atoms with E-state index < -0.39 is 0 Å². The number of amides is 1. The second-order valence-electron chi connectivity index (χ2n) is 8.58. The van der Waals surface area contributed by atoms with Crippen molar-refractivity contribution in [3.63, 3.8) is 0 Å². The molecule has 1 saturated heterocycles. The van der Waals surface area contributed by atoms with Crippen molar-refractivity contribution in [3.05, 3.63) is 51.7 Å². The van der Waals surface area contributed by atoms with Crippen LogP contribution in [-0.2, 0) is 16.1 Å². The summed E-state index contributed by atoms with van der Waals surface area (Å²) in [7, 11) is 0. The minimum absolute atomic E-state index is 0.00458. The highest BCUT2D eigenvalue weighted by Gasteiger charge is 2.16. The molecule has 1 aromatic heterocycles. The zero-order chi connectivity index (χ0) is 22.2. The summed E-state index contributed by atoms with van der Waals surface area (Å²) in [6.07, 6.45) is 3.21. The fourth-order valence-corrected chi connectivity index (χ4v) is 4.57. The lowest BCUT2D eigenvalue weighted by atomic mass is 9.99. The van der Waals surface area contributed by atoms with Crippen LogP contribution in [-0.4, -0.2) is 35.5 Å². The normalized spacial score (nSPS) is 15.0. The van der Waals surface area contributed by atoms with Gasteiger partial charge in [0.05, 0.1) is 4.88 Å². The zero-order valence-electron chi connectivity index (χ0n) is 18.5. The van der Waals surface area contributed by atoms with Gasteiger partial charge in [-0.3, -0.25) is 19.3 Å². The first-order valence-electron chi connectivity index (χ1n) is 11.1. The van der Waals surface area contributed by atoms with Gasteiger partial charge in [0.1, 0.15) is 5.78 Å². The topological polar surface area (TPSA) is 66.5 Å². The number of carbonyl (C=O) groups excluding carboxylic acids is 3. The molecule has 31 heavy (non-hydrogen) atoms. The molecule has 0 bridgehead atoms. The van der Waals surface area contributed by atoms with Crippen LogP contribution in [0.4, 0.5) is 5.69 Å². The van der Waals surface area contributed by atoms with E-state index in [1.165, 1.54) is 29.7 Å². The third-order valence-electron chi connectivity index (χ3n) is 5.80. The first kappa shape index (κ1) is 23.4. The van der Waals surface area contributed by atoms with Crippen LogP contribution in [0.5, 0.6) is 0 Å². The highest BCUT2D eigenvalue weighted by atomic mass is 32.1. The van der Waals surface area contributed by atoms with E-state index >= 15 is 0 Å². The van der Waals surface area contributed by atoms with Crippen LogP contribution in [0.25, 0.3) is 0 Å². The molecule has 2 aromatic rings. The van der Waals surface area contributed by atoms with Gasteiger partial charge in [0.2, 0.25) is 5.91 Å². The van der Waals surface area contributed by atoms with Crippen molar-refractivity contribution >= 4 is 34.5 Å². The van der Waals surface area contributed by atoms with Crippen molar-refractivity contribution < 1.29 is 14.4 Å². The van der Waals surface area contributed by atoms with Gasteiger partial charge >= 0.3 is 0 Å². The number of hydrogen-bond donors (Lipinski definition) is 1. The Morgan fingerprint density at radius 1 is 0.968 bits per heavy atom. The van der Waals surface area contributed by atoms with Gasteiger partial charge in [-0.15, -0.1) is 11.3 Å². The fraction of sp³-hybridized carbons (Fsp3) is 0.480. The Kier molecular flexibility index (Phi) is 8.55. The van der Waals surface area contributed by atoms with E-state index in [1.54, 1.807) is 6.07 Å². The molecular formula is C25H32N2O3S. The molecule has 1 aromatic carbocycles. The van der Waals surface area contributed by atoms with Gasteiger partial charge in [0, 0.05) is 42.8 Å². The van der Waals surface area contributed by atoms with Crippen molar-refractivity contribution in [1.29, 1.82) is 0 Å². The van der Waals surface area contributed by atoms with Crippen LogP contribution in [0.2, 0.25) is 0 Å². The molecule has 5 nitrogen and oxygen atoms in total. The largest absolute Gasteiger partial charge is 0.326 e. The van der Waals surface area contributed by atoms with E-state index in [0.29, 0.717) is 4.88 Å². The second kappa shape index (κ2) is 11.3. The van der Waals surface area contributed by atoms with Crippen LogP contribution in [0.1, 0.15) is 65.6 Å². The lowest BCUT2D eigenvalue weighted by Gasteiger charge is -2.30. The number of anilines is 1. The Hall–Kier alpha value is -2.31. The number of ketones is 2. The Balaban J connectivity index is 1.35. The van der Waals surface area contributed by atoms with Crippen LogP contribution in [0.3, 0.4) is 0 Å². The number of nitrogens with zero attached hydrogens (tertiary/aromatic N) is 1. The van der Waals surface area contributed by atoms with Crippen LogP contribution < -0.4 is 5.32 Å². The molecule has 0 aliphatic carbocycles. The van der Waals surface area contributed by atoms with Gasteiger partial charge < -0.3 is 5.32 Å². The predicted molar refractivity (Wildman–Crippen MR) is 126 cm³/mol. The number of carbonyl (C=O) groups is 3. The molecule has 1 amide bonds. The number of nitrogens with one attached hydrogen (secondary N) is 1. The minimum Gasteiger partial charge on any atom is -0.326 e. The molecule has 1 N–H and O–H groups in total. The predicted octanol–water partition coefficient (Wildman–Crippen LogP) is 5.24. The maximum atomic E-state index is 12.2. The molecule has 0 unspecified atom stereocenters. The van der Waals surface area contributed by atoms with Crippen molar-refractivity contribution in [2.75, 3.05) is 18.4 Å². The maximum absolute atomic E-state index is 12.2. The molecule has 0 atom stereocenters. The first-order valence-corrected chi connectivity index (χ1v) is 11.9. The number of Topliss-reactive ketones (excluding diaryl/α,β-unsaturated/α-hetero) is 2. The number of thiophene rings is 1. The van der Waals surface area contributed by atoms with E-state index in [1.807, 2.05) is 25.1 Å². The highest BCUT2D eigenvalue weighted by molar-refractivity contribution is 7.14. The summed E-state index contributed by atoms with van der Waals surface area (Å²) >= 11 is 1.45. The summed E-state index contributed by atoms with van der Waals surface area (Å²) in [4.78, 5) is 40.6. The Morgan fingerprint density at radius 3 is 2.29 bits per heavy atom. The van der Waals surface area contributed by atoms with Crippen molar-refractivity contribution in [2.45, 2.75) is 58.9 Å². The van der Waals surface area contributed by atoms with E-state index in [0.717, 1.165) is 36.1 Å². The molecular weight excluding hydrogens is 408 g/mol. The second-order valence-corrected chi connectivity index (χ2v) is 9.86. The zero-order valence-corrected chi connectivity index (χ0v) is 19.3. The molecule has 1 fully saturated rings. The summed E-state index contributed by atoms with van der Waals surface area (Å²) in [6, 6.07) is 11.7. The Bertz CT molecular complexity index is 896. The molecule has 1 aliphatic rings. The van der Waals surface area contributed by atoms with Crippen molar-refractivity contribution in [3.8, 4) is 0 Å². The summed E-state index contributed by atoms with van der Waals surface area (Å²) in [5.41, 5.74) is 1.99. The molecule has 3 rings (SSSR count). The summed E-state index contributed by atoms with van der Waals surface area (Å²) in [5, 5.41) is 2.86. The number of rotatable bonds is 10.